The quantitative estimate of drug-likeness (QED) is 0.373. The van der Waals surface area contributed by atoms with E-state index >= 15 is 0 Å². The van der Waals surface area contributed by atoms with Crippen molar-refractivity contribution in [2.75, 3.05) is 20.1 Å². The summed E-state index contributed by atoms with van der Waals surface area (Å²) >= 11 is 0. The summed E-state index contributed by atoms with van der Waals surface area (Å²) < 4.78 is 2.11. The monoisotopic (exact) mass is 461 g/mol. The van der Waals surface area contributed by atoms with Gasteiger partial charge < -0.3 is 20.1 Å². The molecule has 1 aliphatic carbocycles. The van der Waals surface area contributed by atoms with Crippen LogP contribution in [0, 0.1) is 0 Å². The number of rotatable bonds is 7. The summed E-state index contributed by atoms with van der Waals surface area (Å²) in [6.45, 7) is 4.16. The van der Waals surface area contributed by atoms with Crippen LogP contribution in [0.15, 0.2) is 23.3 Å². The van der Waals surface area contributed by atoms with E-state index in [2.05, 4.69) is 38.1 Å². The first-order chi connectivity index (χ1) is 11.6. The zero-order valence-electron chi connectivity index (χ0n) is 15.6. The summed E-state index contributed by atoms with van der Waals surface area (Å²) in [5.74, 6) is 0.957. The van der Waals surface area contributed by atoms with E-state index in [1.165, 1.54) is 18.5 Å². The van der Waals surface area contributed by atoms with Crippen LogP contribution in [-0.4, -0.2) is 47.5 Å². The molecule has 6 nitrogen and oxygen atoms in total. The molecule has 1 heterocycles. The Balaban J connectivity index is 0.00000312. The molecule has 0 radical (unpaired) electrons. The molecule has 7 heteroatoms. The molecule has 1 aromatic rings. The van der Waals surface area contributed by atoms with E-state index in [1.807, 2.05) is 26.4 Å². The summed E-state index contributed by atoms with van der Waals surface area (Å²) in [4.78, 5) is 18.7. The standard InChI is InChI=1S/C18H31N5O.HI/c1-4-19-18(23(3)14-16-10-7-13-22(16)2)20-12-11-17(24)21-15-8-5-6-9-15;/h7,10,13,15H,4-6,8-9,11-12,14H2,1-3H3,(H,19,20)(H,21,24);1H. The number of nitrogens with one attached hydrogen (secondary N) is 2. The Labute approximate surface area is 168 Å². The highest BCUT2D eigenvalue weighted by Crippen LogP contribution is 2.17. The van der Waals surface area contributed by atoms with Gasteiger partial charge in [0, 0.05) is 45.0 Å². The van der Waals surface area contributed by atoms with Crippen molar-refractivity contribution in [1.82, 2.24) is 20.1 Å². The number of carbonyl (C=O) groups is 1. The van der Waals surface area contributed by atoms with E-state index in [0.29, 0.717) is 19.0 Å². The lowest BCUT2D eigenvalue weighted by Crippen LogP contribution is -2.39. The molecule has 25 heavy (non-hydrogen) atoms. The predicted octanol–water partition coefficient (Wildman–Crippen LogP) is 2.49. The molecule has 2 N–H and O–H groups in total. The molecular formula is C18H32IN5O. The third-order valence-corrected chi connectivity index (χ3v) is 4.47. The molecule has 142 valence electrons. The number of guanidine groups is 1. The van der Waals surface area contributed by atoms with Crippen molar-refractivity contribution in [3.8, 4) is 0 Å². The van der Waals surface area contributed by atoms with E-state index in [4.69, 9.17) is 0 Å². The summed E-state index contributed by atoms with van der Waals surface area (Å²) in [7, 11) is 4.06. The van der Waals surface area contributed by atoms with E-state index in [9.17, 15) is 4.79 Å². The lowest BCUT2D eigenvalue weighted by molar-refractivity contribution is -0.121. The van der Waals surface area contributed by atoms with Gasteiger partial charge in [-0.2, -0.15) is 0 Å². The fourth-order valence-corrected chi connectivity index (χ4v) is 3.08. The first-order valence-electron chi connectivity index (χ1n) is 8.99. The number of aryl methyl sites for hydroxylation is 1. The van der Waals surface area contributed by atoms with Gasteiger partial charge in [-0.25, -0.2) is 0 Å². The maximum Gasteiger partial charge on any atom is 0.222 e. The molecule has 1 amide bonds. The minimum Gasteiger partial charge on any atom is -0.357 e. The number of nitrogens with zero attached hydrogens (tertiary/aromatic N) is 3. The predicted molar refractivity (Wildman–Crippen MR) is 113 cm³/mol. The Kier molecular flexibility index (Phi) is 9.92. The smallest absolute Gasteiger partial charge is 0.222 e. The Hall–Kier alpha value is -1.25. The average Bonchev–Trinajstić information content (AvgIpc) is 3.19. The van der Waals surface area contributed by atoms with Crippen LogP contribution in [-0.2, 0) is 18.4 Å². The molecule has 0 spiro atoms. The fraction of sp³-hybridized carbons (Fsp3) is 0.667. The second-order valence-electron chi connectivity index (χ2n) is 6.50. The summed E-state index contributed by atoms with van der Waals surface area (Å²) in [5.41, 5.74) is 1.22. The van der Waals surface area contributed by atoms with E-state index in [1.54, 1.807) is 0 Å². The number of hydrogen-bond donors (Lipinski definition) is 2. The molecule has 0 aromatic carbocycles. The van der Waals surface area contributed by atoms with Gasteiger partial charge in [-0.15, -0.1) is 24.0 Å². The molecule has 0 bridgehead atoms. The van der Waals surface area contributed by atoms with Crippen LogP contribution in [0.4, 0.5) is 0 Å². The molecule has 1 aliphatic rings. The second-order valence-corrected chi connectivity index (χ2v) is 6.50. The molecule has 1 saturated carbocycles. The number of hydrogen-bond acceptors (Lipinski definition) is 2. The number of carbonyl (C=O) groups excluding carboxylic acids is 1. The average molecular weight is 461 g/mol. The van der Waals surface area contributed by atoms with Gasteiger partial charge in [-0.1, -0.05) is 12.8 Å². The van der Waals surface area contributed by atoms with Gasteiger partial charge in [0.2, 0.25) is 5.91 Å². The number of halogens is 1. The third-order valence-electron chi connectivity index (χ3n) is 4.47. The van der Waals surface area contributed by atoms with E-state index in [0.717, 1.165) is 31.9 Å². The van der Waals surface area contributed by atoms with Crippen LogP contribution in [0.2, 0.25) is 0 Å². The lowest BCUT2D eigenvalue weighted by atomic mass is 10.2. The minimum atomic E-state index is 0. The van der Waals surface area contributed by atoms with Crippen LogP contribution in [0.5, 0.6) is 0 Å². The van der Waals surface area contributed by atoms with Crippen LogP contribution in [0.1, 0.15) is 44.7 Å². The van der Waals surface area contributed by atoms with Crippen molar-refractivity contribution in [2.24, 2.45) is 12.0 Å². The van der Waals surface area contributed by atoms with Crippen LogP contribution in [0.3, 0.4) is 0 Å². The molecule has 0 saturated heterocycles. The molecule has 0 aliphatic heterocycles. The van der Waals surface area contributed by atoms with Gasteiger partial charge in [0.25, 0.3) is 0 Å². The first-order valence-corrected chi connectivity index (χ1v) is 8.99. The van der Waals surface area contributed by atoms with Crippen molar-refractivity contribution >= 4 is 35.8 Å². The van der Waals surface area contributed by atoms with Gasteiger partial charge in [-0.05, 0) is 31.9 Å². The largest absolute Gasteiger partial charge is 0.357 e. The van der Waals surface area contributed by atoms with Crippen molar-refractivity contribution in [3.05, 3.63) is 24.0 Å². The second kappa shape index (κ2) is 11.4. The van der Waals surface area contributed by atoms with Gasteiger partial charge in [0.1, 0.15) is 0 Å². The van der Waals surface area contributed by atoms with Crippen molar-refractivity contribution in [3.63, 3.8) is 0 Å². The Morgan fingerprint density at radius 1 is 1.40 bits per heavy atom. The Morgan fingerprint density at radius 3 is 2.72 bits per heavy atom. The topological polar surface area (TPSA) is 61.7 Å². The molecule has 1 aromatic heterocycles. The Bertz CT molecular complexity index is 551. The zero-order chi connectivity index (χ0) is 17.4. The zero-order valence-corrected chi connectivity index (χ0v) is 18.0. The summed E-state index contributed by atoms with van der Waals surface area (Å²) in [6, 6.07) is 4.53. The van der Waals surface area contributed by atoms with Gasteiger partial charge in [-0.3, -0.25) is 9.79 Å². The van der Waals surface area contributed by atoms with E-state index in [-0.39, 0.29) is 29.9 Å². The fourth-order valence-electron chi connectivity index (χ4n) is 3.08. The number of aromatic nitrogens is 1. The summed E-state index contributed by atoms with van der Waals surface area (Å²) in [5, 5.41) is 6.41. The lowest BCUT2D eigenvalue weighted by Gasteiger charge is -2.22. The van der Waals surface area contributed by atoms with Gasteiger partial charge >= 0.3 is 0 Å². The highest BCUT2D eigenvalue weighted by atomic mass is 127. The molecule has 0 atom stereocenters. The van der Waals surface area contributed by atoms with Gasteiger partial charge in [0.15, 0.2) is 5.96 Å². The molecule has 2 rings (SSSR count). The SMILES string of the molecule is CCNC(=NCCC(=O)NC1CCCC1)N(C)Cc1cccn1C.I. The van der Waals surface area contributed by atoms with E-state index < -0.39 is 0 Å². The van der Waals surface area contributed by atoms with Crippen molar-refractivity contribution < 1.29 is 4.79 Å². The van der Waals surface area contributed by atoms with Gasteiger partial charge in [0.05, 0.1) is 13.1 Å². The molecule has 1 fully saturated rings. The minimum absolute atomic E-state index is 0. The van der Waals surface area contributed by atoms with Crippen LogP contribution in [0.25, 0.3) is 0 Å². The third kappa shape index (κ3) is 7.25. The molecular weight excluding hydrogens is 429 g/mol. The maximum atomic E-state index is 12.0. The van der Waals surface area contributed by atoms with Crippen molar-refractivity contribution in [2.45, 2.75) is 51.6 Å². The summed E-state index contributed by atoms with van der Waals surface area (Å²) in [6.07, 6.45) is 7.20. The number of aliphatic imine (C=N–C) groups is 1. The Morgan fingerprint density at radius 2 is 2.12 bits per heavy atom. The van der Waals surface area contributed by atoms with Crippen LogP contribution < -0.4 is 10.6 Å². The molecule has 0 unspecified atom stereocenters. The first kappa shape index (κ1) is 21.8. The highest BCUT2D eigenvalue weighted by Gasteiger charge is 2.16. The van der Waals surface area contributed by atoms with Crippen LogP contribution >= 0.6 is 24.0 Å². The van der Waals surface area contributed by atoms with Crippen molar-refractivity contribution in [1.29, 1.82) is 0 Å². The normalized spacial score (nSPS) is 14.9. The number of amides is 1. The highest BCUT2D eigenvalue weighted by molar-refractivity contribution is 14.0. The maximum absolute atomic E-state index is 12.0.